The van der Waals surface area contributed by atoms with E-state index in [1.807, 2.05) is 42.5 Å². The van der Waals surface area contributed by atoms with Crippen LogP contribution in [-0.4, -0.2) is 32.8 Å². The molecule has 8 heteroatoms. The van der Waals surface area contributed by atoms with Gasteiger partial charge in [-0.15, -0.1) is 33.2 Å². The number of halogens is 3. The second-order valence-corrected chi connectivity index (χ2v) is 17.0. The SMILES string of the molecule is COc1ccc(-c2ccc(/C=C/C(=O)OCCCCCCCC[Si](Cl)(Cl)Cl)cc2)cc1OC. The fourth-order valence-corrected chi connectivity index (χ4v) is 5.18. The molecule has 0 N–H and O–H groups in total. The van der Waals surface area contributed by atoms with Gasteiger partial charge in [0.1, 0.15) is 0 Å². The van der Waals surface area contributed by atoms with Crippen molar-refractivity contribution >= 4 is 51.3 Å². The zero-order valence-electron chi connectivity index (χ0n) is 19.1. The summed E-state index contributed by atoms with van der Waals surface area (Å²) in [5.41, 5.74) is 2.99. The average molecular weight is 530 g/mol. The third-order valence-electron chi connectivity index (χ3n) is 5.14. The van der Waals surface area contributed by atoms with E-state index >= 15 is 0 Å². The number of ether oxygens (including phenoxy) is 3. The van der Waals surface area contributed by atoms with Gasteiger partial charge in [0.2, 0.25) is 0 Å². The van der Waals surface area contributed by atoms with Gasteiger partial charge in [0, 0.05) is 6.08 Å². The molecule has 0 aliphatic rings. The second kappa shape index (κ2) is 14.6. The molecule has 0 aliphatic heterocycles. The van der Waals surface area contributed by atoms with Crippen LogP contribution >= 0.6 is 33.2 Å². The van der Waals surface area contributed by atoms with Crippen LogP contribution in [0.1, 0.15) is 44.1 Å². The summed E-state index contributed by atoms with van der Waals surface area (Å²) >= 11 is 17.6. The van der Waals surface area contributed by atoms with Crippen LogP contribution in [-0.2, 0) is 9.53 Å². The molecule has 0 spiro atoms. The maximum absolute atomic E-state index is 11.9. The van der Waals surface area contributed by atoms with Crippen LogP contribution in [0.15, 0.2) is 48.5 Å². The number of rotatable bonds is 14. The van der Waals surface area contributed by atoms with Gasteiger partial charge >= 0.3 is 12.0 Å². The van der Waals surface area contributed by atoms with E-state index in [9.17, 15) is 4.79 Å². The minimum Gasteiger partial charge on any atom is -0.493 e. The lowest BCUT2D eigenvalue weighted by Gasteiger charge is -2.10. The van der Waals surface area contributed by atoms with E-state index in [1.165, 1.54) is 6.08 Å². The van der Waals surface area contributed by atoms with Gasteiger partial charge < -0.3 is 14.2 Å². The predicted molar refractivity (Wildman–Crippen MR) is 141 cm³/mol. The molecule has 4 nitrogen and oxygen atoms in total. The number of unbranched alkanes of at least 4 members (excludes halogenated alkanes) is 5. The summed E-state index contributed by atoms with van der Waals surface area (Å²) in [6.07, 6.45) is 9.37. The lowest BCUT2D eigenvalue weighted by molar-refractivity contribution is -0.137. The maximum Gasteiger partial charge on any atom is 0.341 e. The number of carbonyl (C=O) groups is 1. The molecular formula is C25H31Cl3O4Si. The van der Waals surface area contributed by atoms with E-state index in [-0.39, 0.29) is 5.97 Å². The Kier molecular flexibility index (Phi) is 12.2. The Labute approximate surface area is 211 Å². The molecule has 180 valence electrons. The van der Waals surface area contributed by atoms with Crippen molar-refractivity contribution in [1.29, 1.82) is 0 Å². The number of benzene rings is 2. The van der Waals surface area contributed by atoms with Gasteiger partial charge in [-0.2, -0.15) is 0 Å². The molecule has 33 heavy (non-hydrogen) atoms. The first-order valence-electron chi connectivity index (χ1n) is 11.1. The fraction of sp³-hybridized carbons (Fsp3) is 0.400. The molecule has 0 amide bonds. The molecule has 0 bridgehead atoms. The van der Waals surface area contributed by atoms with E-state index in [4.69, 9.17) is 47.4 Å². The van der Waals surface area contributed by atoms with Crippen LogP contribution in [0.3, 0.4) is 0 Å². The topological polar surface area (TPSA) is 44.8 Å². The molecule has 0 heterocycles. The minimum absolute atomic E-state index is 0.327. The maximum atomic E-state index is 11.9. The zero-order chi connectivity index (χ0) is 24.1. The predicted octanol–water partition coefficient (Wildman–Crippen LogP) is 7.92. The van der Waals surface area contributed by atoms with Crippen molar-refractivity contribution in [2.75, 3.05) is 20.8 Å². The highest BCUT2D eigenvalue weighted by molar-refractivity contribution is 7.64. The first-order chi connectivity index (χ1) is 15.8. The molecule has 2 aromatic carbocycles. The zero-order valence-corrected chi connectivity index (χ0v) is 22.4. The Morgan fingerprint density at radius 3 is 2.06 bits per heavy atom. The molecule has 0 aliphatic carbocycles. The molecule has 2 rings (SSSR count). The Balaban J connectivity index is 1.69. The third-order valence-corrected chi connectivity index (χ3v) is 7.76. The van der Waals surface area contributed by atoms with Crippen molar-refractivity contribution in [3.05, 3.63) is 54.1 Å². The first kappa shape index (κ1) is 27.6. The van der Waals surface area contributed by atoms with E-state index in [2.05, 4.69) is 0 Å². The van der Waals surface area contributed by atoms with Gasteiger partial charge in [-0.25, -0.2) is 4.79 Å². The van der Waals surface area contributed by atoms with Gasteiger partial charge in [-0.1, -0.05) is 62.4 Å². The standard InChI is InChI=1S/C25H31Cl3O4Si/c1-30-23-15-14-22(19-24(23)31-2)21-12-9-20(10-13-21)11-16-25(29)32-17-7-5-3-4-6-8-18-33(26,27)28/h9-16,19H,3-8,17-18H2,1-2H3/b16-11+. The smallest absolute Gasteiger partial charge is 0.341 e. The third kappa shape index (κ3) is 10.9. The summed E-state index contributed by atoms with van der Waals surface area (Å²) in [5, 5.41) is 0. The molecule has 0 atom stereocenters. The molecular weight excluding hydrogens is 499 g/mol. The number of hydrogen-bond acceptors (Lipinski definition) is 4. The van der Waals surface area contributed by atoms with Gasteiger partial charge in [-0.05, 0) is 47.4 Å². The monoisotopic (exact) mass is 528 g/mol. The lowest BCUT2D eigenvalue weighted by atomic mass is 10.0. The molecule has 0 fully saturated rings. The van der Waals surface area contributed by atoms with Gasteiger partial charge in [0.15, 0.2) is 11.5 Å². The Hall–Kier alpha value is -1.66. The van der Waals surface area contributed by atoms with E-state index in [0.29, 0.717) is 18.1 Å². The summed E-state index contributed by atoms with van der Waals surface area (Å²) in [6.45, 7) is 0.433. The number of esters is 1. The Bertz CT molecular complexity index is 896. The first-order valence-corrected chi connectivity index (χ1v) is 16.3. The van der Waals surface area contributed by atoms with Crippen LogP contribution in [0.25, 0.3) is 17.2 Å². The van der Waals surface area contributed by atoms with Gasteiger partial charge in [-0.3, -0.25) is 0 Å². The average Bonchev–Trinajstić information content (AvgIpc) is 2.80. The van der Waals surface area contributed by atoms with Crippen LogP contribution in [0.2, 0.25) is 6.04 Å². The molecule has 0 aromatic heterocycles. The Morgan fingerprint density at radius 2 is 1.42 bits per heavy atom. The van der Waals surface area contributed by atoms with Crippen LogP contribution in [0.5, 0.6) is 11.5 Å². The molecule has 0 saturated heterocycles. The summed E-state index contributed by atoms with van der Waals surface area (Å²) in [4.78, 5) is 11.9. The van der Waals surface area contributed by atoms with Crippen molar-refractivity contribution < 1.29 is 19.0 Å². The summed E-state index contributed by atoms with van der Waals surface area (Å²) in [6, 6.07) is 12.0. The van der Waals surface area contributed by atoms with E-state index in [0.717, 1.165) is 61.3 Å². The molecule has 0 unspecified atom stereocenters. The summed E-state index contributed by atoms with van der Waals surface area (Å²) < 4.78 is 15.9. The van der Waals surface area contributed by atoms with Crippen LogP contribution in [0, 0.1) is 0 Å². The van der Waals surface area contributed by atoms with Crippen molar-refractivity contribution in [2.24, 2.45) is 0 Å². The molecule has 2 aromatic rings. The van der Waals surface area contributed by atoms with Gasteiger partial charge in [0.25, 0.3) is 0 Å². The van der Waals surface area contributed by atoms with Crippen LogP contribution in [0.4, 0.5) is 0 Å². The number of carbonyl (C=O) groups excluding carboxylic acids is 1. The minimum atomic E-state index is -2.47. The Morgan fingerprint density at radius 1 is 0.818 bits per heavy atom. The molecule has 0 saturated carbocycles. The lowest BCUT2D eigenvalue weighted by Crippen LogP contribution is -2.07. The normalized spacial score (nSPS) is 11.5. The highest BCUT2D eigenvalue weighted by Crippen LogP contribution is 2.32. The quantitative estimate of drug-likeness (QED) is 0.0819. The van der Waals surface area contributed by atoms with Crippen molar-refractivity contribution in [2.45, 2.75) is 44.6 Å². The number of methoxy groups -OCH3 is 2. The van der Waals surface area contributed by atoms with Crippen molar-refractivity contribution in [1.82, 2.24) is 0 Å². The highest BCUT2D eigenvalue weighted by Gasteiger charge is 2.23. The number of hydrogen-bond donors (Lipinski definition) is 0. The van der Waals surface area contributed by atoms with E-state index in [1.54, 1.807) is 20.3 Å². The van der Waals surface area contributed by atoms with E-state index < -0.39 is 6.00 Å². The second-order valence-electron chi connectivity index (χ2n) is 7.68. The van der Waals surface area contributed by atoms with Crippen molar-refractivity contribution in [3.63, 3.8) is 0 Å². The summed E-state index contributed by atoms with van der Waals surface area (Å²) in [5.74, 6) is 1.05. The largest absolute Gasteiger partial charge is 0.493 e. The fourth-order valence-electron chi connectivity index (χ4n) is 3.32. The van der Waals surface area contributed by atoms with Crippen molar-refractivity contribution in [3.8, 4) is 22.6 Å². The summed E-state index contributed by atoms with van der Waals surface area (Å²) in [7, 11) is 3.23. The highest BCUT2D eigenvalue weighted by atomic mass is 35.8. The van der Waals surface area contributed by atoms with Crippen LogP contribution < -0.4 is 9.47 Å². The molecule has 0 radical (unpaired) electrons. The van der Waals surface area contributed by atoms with Gasteiger partial charge in [0.05, 0.1) is 20.8 Å².